The van der Waals surface area contributed by atoms with Gasteiger partial charge < -0.3 is 14.8 Å². The molecule has 3 nitrogen and oxygen atoms in total. The van der Waals surface area contributed by atoms with Crippen molar-refractivity contribution in [1.82, 2.24) is 5.32 Å². The van der Waals surface area contributed by atoms with Crippen LogP contribution in [0.15, 0.2) is 36.4 Å². The van der Waals surface area contributed by atoms with Gasteiger partial charge in [-0.25, -0.2) is 4.39 Å². The molecule has 3 rings (SSSR count). The average molecular weight is 287 g/mol. The summed E-state index contributed by atoms with van der Waals surface area (Å²) in [7, 11) is 0. The van der Waals surface area contributed by atoms with E-state index in [2.05, 4.69) is 5.32 Å². The molecule has 0 unspecified atom stereocenters. The van der Waals surface area contributed by atoms with Crippen LogP contribution >= 0.6 is 0 Å². The molecule has 21 heavy (non-hydrogen) atoms. The Bertz CT molecular complexity index is 643. The molecule has 0 saturated heterocycles. The molecule has 0 atom stereocenters. The molecule has 1 aliphatic rings. The van der Waals surface area contributed by atoms with E-state index in [1.807, 2.05) is 31.2 Å². The van der Waals surface area contributed by atoms with Gasteiger partial charge >= 0.3 is 0 Å². The zero-order valence-corrected chi connectivity index (χ0v) is 12.0. The van der Waals surface area contributed by atoms with Gasteiger partial charge in [0.25, 0.3) is 0 Å². The zero-order chi connectivity index (χ0) is 14.7. The topological polar surface area (TPSA) is 30.5 Å². The summed E-state index contributed by atoms with van der Waals surface area (Å²) in [5.74, 6) is 1.42. The molecule has 110 valence electrons. The molecule has 0 aromatic heterocycles. The largest absolute Gasteiger partial charge is 0.486 e. The van der Waals surface area contributed by atoms with Crippen LogP contribution in [-0.2, 0) is 13.1 Å². The van der Waals surface area contributed by atoms with Gasteiger partial charge in [0.15, 0.2) is 11.5 Å². The van der Waals surface area contributed by atoms with Gasteiger partial charge in [0.05, 0.1) is 0 Å². The van der Waals surface area contributed by atoms with Crippen molar-refractivity contribution in [3.63, 3.8) is 0 Å². The van der Waals surface area contributed by atoms with Crippen LogP contribution in [0.5, 0.6) is 11.5 Å². The van der Waals surface area contributed by atoms with Crippen LogP contribution in [0.1, 0.15) is 16.7 Å². The lowest BCUT2D eigenvalue weighted by atomic mass is 10.1. The van der Waals surface area contributed by atoms with Crippen molar-refractivity contribution in [2.24, 2.45) is 0 Å². The number of fused-ring (bicyclic) bond motifs is 1. The van der Waals surface area contributed by atoms with Crippen molar-refractivity contribution in [3.8, 4) is 11.5 Å². The highest BCUT2D eigenvalue weighted by Crippen LogP contribution is 2.30. The summed E-state index contributed by atoms with van der Waals surface area (Å²) in [6, 6.07) is 10.8. The molecule has 0 bridgehead atoms. The van der Waals surface area contributed by atoms with Gasteiger partial charge in [-0.05, 0) is 47.9 Å². The standard InChI is InChI=1S/C17H18FNO2/c1-12-8-15(18)4-3-14(12)11-19-10-13-2-5-16-17(9-13)21-7-6-20-16/h2-5,8-9,19H,6-7,10-11H2,1H3. The number of halogens is 1. The quantitative estimate of drug-likeness (QED) is 0.936. The summed E-state index contributed by atoms with van der Waals surface area (Å²) in [6.07, 6.45) is 0. The Labute approximate surface area is 123 Å². The average Bonchev–Trinajstić information content (AvgIpc) is 2.49. The third kappa shape index (κ3) is 3.34. The Morgan fingerprint density at radius 2 is 1.81 bits per heavy atom. The number of hydrogen-bond acceptors (Lipinski definition) is 3. The van der Waals surface area contributed by atoms with Crippen molar-refractivity contribution >= 4 is 0 Å². The molecule has 1 N–H and O–H groups in total. The minimum Gasteiger partial charge on any atom is -0.486 e. The molecule has 2 aromatic rings. The van der Waals surface area contributed by atoms with Gasteiger partial charge in [-0.2, -0.15) is 0 Å². The van der Waals surface area contributed by atoms with Crippen molar-refractivity contribution in [1.29, 1.82) is 0 Å². The smallest absolute Gasteiger partial charge is 0.161 e. The molecular weight excluding hydrogens is 269 g/mol. The summed E-state index contributed by atoms with van der Waals surface area (Å²) in [5.41, 5.74) is 3.21. The first-order chi connectivity index (χ1) is 10.2. The number of rotatable bonds is 4. The second-order valence-electron chi connectivity index (χ2n) is 5.15. The highest BCUT2D eigenvalue weighted by Gasteiger charge is 2.11. The fraction of sp³-hybridized carbons (Fsp3) is 0.294. The summed E-state index contributed by atoms with van der Waals surface area (Å²) in [4.78, 5) is 0. The number of benzene rings is 2. The lowest BCUT2D eigenvalue weighted by Crippen LogP contribution is -2.17. The molecule has 1 aliphatic heterocycles. The van der Waals surface area contributed by atoms with Crippen molar-refractivity contribution in [2.75, 3.05) is 13.2 Å². The minimum atomic E-state index is -0.192. The van der Waals surface area contributed by atoms with Gasteiger partial charge in [-0.15, -0.1) is 0 Å². The fourth-order valence-electron chi connectivity index (χ4n) is 2.40. The monoisotopic (exact) mass is 287 g/mol. The van der Waals surface area contributed by atoms with Crippen LogP contribution in [0.3, 0.4) is 0 Å². The van der Waals surface area contributed by atoms with E-state index in [1.165, 1.54) is 6.07 Å². The van der Waals surface area contributed by atoms with E-state index in [1.54, 1.807) is 6.07 Å². The van der Waals surface area contributed by atoms with Gasteiger partial charge in [-0.1, -0.05) is 12.1 Å². The third-order valence-electron chi connectivity index (χ3n) is 3.56. The van der Waals surface area contributed by atoms with Gasteiger partial charge in [0.2, 0.25) is 0 Å². The second-order valence-corrected chi connectivity index (χ2v) is 5.15. The summed E-state index contributed by atoms with van der Waals surface area (Å²) >= 11 is 0. The van der Waals surface area contributed by atoms with E-state index in [9.17, 15) is 4.39 Å². The first-order valence-corrected chi connectivity index (χ1v) is 7.06. The maximum atomic E-state index is 13.0. The highest BCUT2D eigenvalue weighted by atomic mass is 19.1. The zero-order valence-electron chi connectivity index (χ0n) is 12.0. The van der Waals surface area contributed by atoms with E-state index in [0.717, 1.165) is 34.7 Å². The van der Waals surface area contributed by atoms with Gasteiger partial charge in [0.1, 0.15) is 19.0 Å². The first-order valence-electron chi connectivity index (χ1n) is 7.06. The molecule has 0 radical (unpaired) electrons. The SMILES string of the molecule is Cc1cc(F)ccc1CNCc1ccc2c(c1)OCCO2. The molecule has 0 fully saturated rings. The molecule has 0 aliphatic carbocycles. The molecule has 1 heterocycles. The Morgan fingerprint density at radius 1 is 1.00 bits per heavy atom. The van der Waals surface area contributed by atoms with E-state index < -0.39 is 0 Å². The molecule has 0 saturated carbocycles. The van der Waals surface area contributed by atoms with Crippen LogP contribution < -0.4 is 14.8 Å². The molecule has 0 amide bonds. The predicted molar refractivity (Wildman–Crippen MR) is 79.1 cm³/mol. The Morgan fingerprint density at radius 3 is 2.62 bits per heavy atom. The van der Waals surface area contributed by atoms with Crippen LogP contribution in [-0.4, -0.2) is 13.2 Å². The predicted octanol–water partition coefficient (Wildman–Crippen LogP) is 3.20. The summed E-state index contributed by atoms with van der Waals surface area (Å²) in [6.45, 7) is 4.56. The van der Waals surface area contributed by atoms with Gasteiger partial charge in [-0.3, -0.25) is 0 Å². The third-order valence-corrected chi connectivity index (χ3v) is 3.56. The summed E-state index contributed by atoms with van der Waals surface area (Å²) in [5, 5.41) is 3.37. The minimum absolute atomic E-state index is 0.192. The van der Waals surface area contributed by atoms with Crippen LogP contribution in [0.2, 0.25) is 0 Å². The summed E-state index contributed by atoms with van der Waals surface area (Å²) < 4.78 is 24.1. The Hall–Kier alpha value is -2.07. The lowest BCUT2D eigenvalue weighted by Gasteiger charge is -2.19. The van der Waals surface area contributed by atoms with E-state index in [0.29, 0.717) is 19.8 Å². The molecule has 0 spiro atoms. The van der Waals surface area contributed by atoms with Crippen molar-refractivity contribution in [2.45, 2.75) is 20.0 Å². The molecule has 4 heteroatoms. The maximum absolute atomic E-state index is 13.0. The Balaban J connectivity index is 1.60. The maximum Gasteiger partial charge on any atom is 0.161 e. The lowest BCUT2D eigenvalue weighted by molar-refractivity contribution is 0.171. The van der Waals surface area contributed by atoms with Crippen molar-refractivity contribution < 1.29 is 13.9 Å². The van der Waals surface area contributed by atoms with Crippen molar-refractivity contribution in [3.05, 3.63) is 58.9 Å². The Kier molecular flexibility index (Phi) is 4.06. The first kappa shape index (κ1) is 13.9. The number of aryl methyl sites for hydroxylation is 1. The van der Waals surface area contributed by atoms with Crippen LogP contribution in [0.25, 0.3) is 0 Å². The molecule has 2 aromatic carbocycles. The van der Waals surface area contributed by atoms with Crippen LogP contribution in [0, 0.1) is 12.7 Å². The number of ether oxygens (including phenoxy) is 2. The molecular formula is C17H18FNO2. The number of hydrogen-bond donors (Lipinski definition) is 1. The van der Waals surface area contributed by atoms with Gasteiger partial charge in [0, 0.05) is 13.1 Å². The van der Waals surface area contributed by atoms with Crippen LogP contribution in [0.4, 0.5) is 4.39 Å². The van der Waals surface area contributed by atoms with E-state index in [-0.39, 0.29) is 5.82 Å². The highest BCUT2D eigenvalue weighted by molar-refractivity contribution is 5.43. The fourth-order valence-corrected chi connectivity index (χ4v) is 2.40. The van der Waals surface area contributed by atoms with E-state index in [4.69, 9.17) is 9.47 Å². The normalized spacial score (nSPS) is 13.2. The second kappa shape index (κ2) is 6.14. The van der Waals surface area contributed by atoms with E-state index >= 15 is 0 Å². The number of nitrogens with one attached hydrogen (secondary N) is 1.